The molecule has 0 radical (unpaired) electrons. The highest BCUT2D eigenvalue weighted by Gasteiger charge is 2.41. The molecule has 2 nitrogen and oxygen atoms in total. The summed E-state index contributed by atoms with van der Waals surface area (Å²) in [4.78, 5) is 3.37. The molecule has 8 heteroatoms. The van der Waals surface area contributed by atoms with Crippen molar-refractivity contribution in [3.05, 3.63) is 29.6 Å². The van der Waals surface area contributed by atoms with Gasteiger partial charge in [0.2, 0.25) is 5.82 Å². The molecule has 0 amide bonds. The molecule has 3 rings (SSSR count). The van der Waals surface area contributed by atoms with Crippen LogP contribution < -0.4 is 0 Å². The van der Waals surface area contributed by atoms with E-state index < -0.39 is 24.7 Å². The SMILES string of the molecule is CC[C@H]1C[C@@H]1c1ccc2nc(C(F)(F)F)n(CC(F)(F)F)c2c1. The van der Waals surface area contributed by atoms with Gasteiger partial charge >= 0.3 is 12.4 Å². The van der Waals surface area contributed by atoms with Crippen LogP contribution in [0.2, 0.25) is 0 Å². The van der Waals surface area contributed by atoms with Crippen LogP contribution in [-0.4, -0.2) is 15.7 Å². The Kier molecular flexibility index (Phi) is 3.61. The van der Waals surface area contributed by atoms with Gasteiger partial charge in [-0.2, -0.15) is 26.3 Å². The first-order valence-electron chi connectivity index (χ1n) is 7.24. The highest BCUT2D eigenvalue weighted by Crippen LogP contribution is 2.50. The lowest BCUT2D eigenvalue weighted by atomic mass is 10.1. The van der Waals surface area contributed by atoms with Crippen molar-refractivity contribution in [2.75, 3.05) is 0 Å². The lowest BCUT2D eigenvalue weighted by molar-refractivity contribution is -0.160. The van der Waals surface area contributed by atoms with Gasteiger partial charge in [0.1, 0.15) is 6.54 Å². The van der Waals surface area contributed by atoms with Gasteiger partial charge in [0.15, 0.2) is 0 Å². The molecule has 0 unspecified atom stereocenters. The number of alkyl halides is 6. The summed E-state index contributed by atoms with van der Waals surface area (Å²) < 4.78 is 77.3. The summed E-state index contributed by atoms with van der Waals surface area (Å²) in [6, 6.07) is 4.45. The smallest absolute Gasteiger partial charge is 0.311 e. The van der Waals surface area contributed by atoms with Crippen molar-refractivity contribution in [3.63, 3.8) is 0 Å². The highest BCUT2D eigenvalue weighted by molar-refractivity contribution is 5.77. The molecular formula is C15H14F6N2. The summed E-state index contributed by atoms with van der Waals surface area (Å²) in [5, 5.41) is 0. The molecule has 0 bridgehead atoms. The summed E-state index contributed by atoms with van der Waals surface area (Å²) in [6.45, 7) is 0.308. The topological polar surface area (TPSA) is 17.8 Å². The van der Waals surface area contributed by atoms with Crippen molar-refractivity contribution < 1.29 is 26.3 Å². The van der Waals surface area contributed by atoms with Gasteiger partial charge in [0.25, 0.3) is 0 Å². The Balaban J connectivity index is 2.11. The molecule has 126 valence electrons. The molecule has 1 saturated carbocycles. The number of imidazole rings is 1. The van der Waals surface area contributed by atoms with E-state index in [2.05, 4.69) is 4.98 Å². The van der Waals surface area contributed by atoms with Crippen LogP contribution in [0, 0.1) is 5.92 Å². The zero-order chi connectivity index (χ0) is 17.0. The van der Waals surface area contributed by atoms with E-state index >= 15 is 0 Å². The third-order valence-electron chi connectivity index (χ3n) is 4.24. The molecule has 2 atom stereocenters. The average molecular weight is 336 g/mol. The maximum Gasteiger partial charge on any atom is 0.449 e. The van der Waals surface area contributed by atoms with Crippen molar-refractivity contribution in [3.8, 4) is 0 Å². The first kappa shape index (κ1) is 16.1. The third-order valence-corrected chi connectivity index (χ3v) is 4.24. The minimum atomic E-state index is -4.93. The van der Waals surface area contributed by atoms with Gasteiger partial charge in [-0.1, -0.05) is 19.4 Å². The number of rotatable bonds is 3. The fourth-order valence-corrected chi connectivity index (χ4v) is 3.03. The number of nitrogens with zero attached hydrogens (tertiary/aromatic N) is 2. The van der Waals surface area contributed by atoms with Crippen LogP contribution in [-0.2, 0) is 12.7 Å². The van der Waals surface area contributed by atoms with Crippen molar-refractivity contribution in [2.24, 2.45) is 5.92 Å². The predicted molar refractivity (Wildman–Crippen MR) is 71.9 cm³/mol. The lowest BCUT2D eigenvalue weighted by Gasteiger charge is -2.13. The molecule has 1 fully saturated rings. The molecule has 1 aliphatic rings. The largest absolute Gasteiger partial charge is 0.449 e. The molecule has 1 heterocycles. The van der Waals surface area contributed by atoms with Crippen LogP contribution in [0.5, 0.6) is 0 Å². The summed E-state index contributed by atoms with van der Waals surface area (Å²) in [7, 11) is 0. The van der Waals surface area contributed by atoms with Crippen LogP contribution >= 0.6 is 0 Å². The molecule has 0 N–H and O–H groups in total. The Morgan fingerprint density at radius 2 is 1.87 bits per heavy atom. The van der Waals surface area contributed by atoms with E-state index in [0.717, 1.165) is 18.4 Å². The second kappa shape index (κ2) is 5.14. The van der Waals surface area contributed by atoms with Gasteiger partial charge in [0.05, 0.1) is 11.0 Å². The maximum absolute atomic E-state index is 13.0. The Morgan fingerprint density at radius 3 is 2.39 bits per heavy atom. The van der Waals surface area contributed by atoms with Crippen LogP contribution in [0.15, 0.2) is 18.2 Å². The van der Waals surface area contributed by atoms with Crippen molar-refractivity contribution in [1.29, 1.82) is 0 Å². The average Bonchev–Trinajstić information content (AvgIpc) is 3.12. The fourth-order valence-electron chi connectivity index (χ4n) is 3.03. The van der Waals surface area contributed by atoms with Gasteiger partial charge in [-0.25, -0.2) is 4.98 Å². The Morgan fingerprint density at radius 1 is 1.17 bits per heavy atom. The molecule has 0 spiro atoms. The second-order valence-electron chi connectivity index (χ2n) is 5.89. The molecule has 1 aliphatic carbocycles. The first-order chi connectivity index (χ1) is 10.6. The van der Waals surface area contributed by atoms with Gasteiger partial charge in [-0.05, 0) is 36.0 Å². The minimum Gasteiger partial charge on any atom is -0.311 e. The van der Waals surface area contributed by atoms with Gasteiger partial charge < -0.3 is 4.57 Å². The van der Waals surface area contributed by atoms with Gasteiger partial charge in [-0.15, -0.1) is 0 Å². The van der Waals surface area contributed by atoms with Gasteiger partial charge in [0, 0.05) is 0 Å². The Labute approximate surface area is 128 Å². The van der Waals surface area contributed by atoms with Crippen LogP contribution in [0.3, 0.4) is 0 Å². The summed E-state index contributed by atoms with van der Waals surface area (Å²) in [6.07, 6.45) is -7.83. The summed E-state index contributed by atoms with van der Waals surface area (Å²) >= 11 is 0. The summed E-state index contributed by atoms with van der Waals surface area (Å²) in [5.41, 5.74) is 0.592. The third kappa shape index (κ3) is 3.16. The van der Waals surface area contributed by atoms with E-state index in [9.17, 15) is 26.3 Å². The fraction of sp³-hybridized carbons (Fsp3) is 0.533. The first-order valence-corrected chi connectivity index (χ1v) is 7.24. The second-order valence-corrected chi connectivity index (χ2v) is 5.89. The number of benzene rings is 1. The molecule has 2 aromatic rings. The van der Waals surface area contributed by atoms with Crippen LogP contribution in [0.4, 0.5) is 26.3 Å². The molecule has 0 aliphatic heterocycles. The number of hydrogen-bond donors (Lipinski definition) is 0. The van der Waals surface area contributed by atoms with Crippen molar-refractivity contribution in [2.45, 2.75) is 44.6 Å². The Hall–Kier alpha value is -1.73. The normalized spacial score (nSPS) is 21.9. The van der Waals surface area contributed by atoms with E-state index in [1.54, 1.807) is 6.07 Å². The van der Waals surface area contributed by atoms with Crippen LogP contribution in [0.25, 0.3) is 11.0 Å². The van der Waals surface area contributed by atoms with Crippen molar-refractivity contribution in [1.82, 2.24) is 9.55 Å². The van der Waals surface area contributed by atoms with E-state index in [1.807, 2.05) is 6.92 Å². The quantitative estimate of drug-likeness (QED) is 0.711. The van der Waals surface area contributed by atoms with E-state index in [4.69, 9.17) is 0 Å². The molecular weight excluding hydrogens is 322 g/mol. The van der Waals surface area contributed by atoms with E-state index in [1.165, 1.54) is 12.1 Å². The monoisotopic (exact) mass is 336 g/mol. The van der Waals surface area contributed by atoms with Crippen molar-refractivity contribution >= 4 is 11.0 Å². The molecule has 23 heavy (non-hydrogen) atoms. The Bertz CT molecular complexity index is 728. The maximum atomic E-state index is 13.0. The number of aromatic nitrogens is 2. The number of fused-ring (bicyclic) bond motifs is 1. The lowest BCUT2D eigenvalue weighted by Crippen LogP contribution is -2.23. The molecule has 0 saturated heterocycles. The predicted octanol–water partition coefficient (Wildman–Crippen LogP) is 5.13. The number of halogens is 6. The van der Waals surface area contributed by atoms with E-state index in [0.29, 0.717) is 5.92 Å². The zero-order valence-electron chi connectivity index (χ0n) is 12.2. The zero-order valence-corrected chi connectivity index (χ0v) is 12.2. The molecule has 1 aromatic carbocycles. The van der Waals surface area contributed by atoms with Crippen LogP contribution in [0.1, 0.15) is 37.1 Å². The molecule has 1 aromatic heterocycles. The van der Waals surface area contributed by atoms with E-state index in [-0.39, 0.29) is 21.5 Å². The summed E-state index contributed by atoms with van der Waals surface area (Å²) in [5.74, 6) is -0.841. The number of hydrogen-bond acceptors (Lipinski definition) is 1. The van der Waals surface area contributed by atoms with Gasteiger partial charge in [-0.3, -0.25) is 0 Å². The highest BCUT2D eigenvalue weighted by atomic mass is 19.4. The standard InChI is InChI=1S/C15H14F6N2/c1-2-8-5-10(8)9-3-4-11-12(6-9)23(7-14(16,17)18)13(22-11)15(19,20)21/h3-4,6,8,10H,2,5,7H2,1H3/t8-,10-/m0/s1. The minimum absolute atomic E-state index is 0.0703.